The summed E-state index contributed by atoms with van der Waals surface area (Å²) < 4.78 is 13.8. The van der Waals surface area contributed by atoms with Crippen LogP contribution in [-0.4, -0.2) is 0 Å². The van der Waals surface area contributed by atoms with Gasteiger partial charge in [-0.3, -0.25) is 0 Å². The predicted molar refractivity (Wildman–Crippen MR) is 76.1 cm³/mol. The second-order valence-corrected chi connectivity index (χ2v) is 4.61. The summed E-state index contributed by atoms with van der Waals surface area (Å²) in [5.74, 6) is -0.554. The Bertz CT molecular complexity index is 672. The number of nitriles is 1. The molecule has 1 nitrogen and oxygen atoms in total. The fourth-order valence-corrected chi connectivity index (χ4v) is 2.11. The number of benzene rings is 2. The molecule has 2 aromatic rings. The van der Waals surface area contributed by atoms with Gasteiger partial charge in [0.2, 0.25) is 0 Å². The van der Waals surface area contributed by atoms with Crippen molar-refractivity contribution in [2.45, 2.75) is 0 Å². The zero-order valence-corrected chi connectivity index (χ0v) is 11.2. The van der Waals surface area contributed by atoms with Crippen LogP contribution in [0.5, 0.6) is 0 Å². The molecule has 0 N–H and O–H groups in total. The Hall–Kier alpha value is -1.82. The molecule has 0 aliphatic heterocycles. The van der Waals surface area contributed by atoms with Crippen molar-refractivity contribution in [1.82, 2.24) is 0 Å². The molecule has 2 aromatic carbocycles. The SMILES string of the molecule is N#CC(=C(Cl)c1ccc(Cl)cc1F)c1ccccc1. The average Bonchev–Trinajstić information content (AvgIpc) is 2.40. The summed E-state index contributed by atoms with van der Waals surface area (Å²) in [6, 6.07) is 15.1. The summed E-state index contributed by atoms with van der Waals surface area (Å²) in [5.41, 5.74) is 1.03. The van der Waals surface area contributed by atoms with Crippen LogP contribution in [0.1, 0.15) is 11.1 Å². The van der Waals surface area contributed by atoms with Crippen LogP contribution in [0.15, 0.2) is 48.5 Å². The summed E-state index contributed by atoms with van der Waals surface area (Å²) in [5, 5.41) is 9.57. The van der Waals surface area contributed by atoms with Gasteiger partial charge < -0.3 is 0 Å². The Labute approximate surface area is 120 Å². The van der Waals surface area contributed by atoms with Crippen molar-refractivity contribution >= 4 is 33.8 Å². The smallest absolute Gasteiger partial charge is 0.133 e. The van der Waals surface area contributed by atoms with E-state index >= 15 is 0 Å². The number of nitrogens with zero attached hydrogens (tertiary/aromatic N) is 1. The number of rotatable bonds is 2. The van der Waals surface area contributed by atoms with E-state index in [0.717, 1.165) is 0 Å². The van der Waals surface area contributed by atoms with E-state index in [9.17, 15) is 9.65 Å². The maximum absolute atomic E-state index is 13.8. The van der Waals surface area contributed by atoms with E-state index in [1.54, 1.807) is 24.3 Å². The van der Waals surface area contributed by atoms with E-state index < -0.39 is 5.82 Å². The highest BCUT2D eigenvalue weighted by Crippen LogP contribution is 2.31. The van der Waals surface area contributed by atoms with E-state index in [1.165, 1.54) is 18.2 Å². The van der Waals surface area contributed by atoms with Gasteiger partial charge in [0.25, 0.3) is 0 Å². The van der Waals surface area contributed by atoms with Gasteiger partial charge in [-0.1, -0.05) is 53.5 Å². The first-order valence-electron chi connectivity index (χ1n) is 5.44. The van der Waals surface area contributed by atoms with Crippen LogP contribution in [0.4, 0.5) is 4.39 Å². The highest BCUT2D eigenvalue weighted by atomic mass is 35.5. The summed E-state index contributed by atoms with van der Waals surface area (Å²) >= 11 is 11.8. The van der Waals surface area contributed by atoms with Crippen molar-refractivity contribution < 1.29 is 4.39 Å². The Morgan fingerprint density at radius 1 is 1.11 bits per heavy atom. The molecule has 0 aromatic heterocycles. The molecule has 0 radical (unpaired) electrons. The van der Waals surface area contributed by atoms with Crippen LogP contribution in [0.25, 0.3) is 10.6 Å². The Balaban J connectivity index is 2.59. The molecule has 0 aliphatic carbocycles. The number of hydrogen-bond acceptors (Lipinski definition) is 1. The maximum atomic E-state index is 13.8. The first-order valence-corrected chi connectivity index (χ1v) is 6.20. The van der Waals surface area contributed by atoms with E-state index in [4.69, 9.17) is 23.2 Å². The lowest BCUT2D eigenvalue weighted by Gasteiger charge is -2.06. The zero-order chi connectivity index (χ0) is 13.8. The Morgan fingerprint density at radius 2 is 1.79 bits per heavy atom. The van der Waals surface area contributed by atoms with Crippen molar-refractivity contribution in [1.29, 1.82) is 5.26 Å². The van der Waals surface area contributed by atoms with Crippen molar-refractivity contribution in [2.24, 2.45) is 0 Å². The van der Waals surface area contributed by atoms with Crippen molar-refractivity contribution in [3.8, 4) is 6.07 Å². The highest BCUT2D eigenvalue weighted by Gasteiger charge is 2.13. The third-order valence-electron chi connectivity index (χ3n) is 2.56. The Kier molecular flexibility index (Phi) is 4.21. The van der Waals surface area contributed by atoms with Crippen molar-refractivity contribution in [2.75, 3.05) is 0 Å². The number of hydrogen-bond donors (Lipinski definition) is 0. The van der Waals surface area contributed by atoms with E-state index in [1.807, 2.05) is 12.1 Å². The van der Waals surface area contributed by atoms with Gasteiger partial charge in [0.15, 0.2) is 0 Å². The number of halogens is 3. The van der Waals surface area contributed by atoms with Crippen LogP contribution in [0, 0.1) is 17.1 Å². The van der Waals surface area contributed by atoms with Crippen LogP contribution >= 0.6 is 23.2 Å². The first-order chi connectivity index (χ1) is 9.13. The molecule has 2 rings (SSSR count). The predicted octanol–water partition coefficient (Wildman–Crippen LogP) is 5.11. The second kappa shape index (κ2) is 5.88. The minimum absolute atomic E-state index is 0.0721. The fraction of sp³-hybridized carbons (Fsp3) is 0. The van der Waals surface area contributed by atoms with Crippen LogP contribution in [-0.2, 0) is 0 Å². The third-order valence-corrected chi connectivity index (χ3v) is 3.19. The van der Waals surface area contributed by atoms with Gasteiger partial charge in [-0.2, -0.15) is 5.26 Å². The largest absolute Gasteiger partial charge is 0.206 e. The van der Waals surface area contributed by atoms with Crippen LogP contribution in [0.3, 0.4) is 0 Å². The fourth-order valence-electron chi connectivity index (χ4n) is 1.65. The normalized spacial score (nSPS) is 11.7. The molecular weight excluding hydrogens is 284 g/mol. The lowest BCUT2D eigenvalue weighted by Crippen LogP contribution is -1.90. The number of allylic oxidation sites excluding steroid dienone is 1. The van der Waals surface area contributed by atoms with Crippen molar-refractivity contribution in [3.05, 3.63) is 70.5 Å². The van der Waals surface area contributed by atoms with Gasteiger partial charge in [-0.15, -0.1) is 0 Å². The molecule has 0 spiro atoms. The topological polar surface area (TPSA) is 23.8 Å². The molecular formula is C15H8Cl2FN. The molecule has 0 saturated heterocycles. The molecule has 19 heavy (non-hydrogen) atoms. The minimum atomic E-state index is -0.554. The van der Waals surface area contributed by atoms with Gasteiger partial charge >= 0.3 is 0 Å². The Morgan fingerprint density at radius 3 is 2.37 bits per heavy atom. The minimum Gasteiger partial charge on any atom is -0.206 e. The highest BCUT2D eigenvalue weighted by molar-refractivity contribution is 6.53. The standard InChI is InChI=1S/C15H8Cl2FN/c16-11-6-7-12(14(18)8-11)15(17)13(9-19)10-4-2-1-3-5-10/h1-8H. The maximum Gasteiger partial charge on any atom is 0.133 e. The van der Waals surface area contributed by atoms with Gasteiger partial charge in [-0.05, 0) is 23.8 Å². The molecule has 94 valence electrons. The average molecular weight is 292 g/mol. The van der Waals surface area contributed by atoms with Gasteiger partial charge in [0, 0.05) is 10.6 Å². The monoisotopic (exact) mass is 291 g/mol. The molecule has 0 atom stereocenters. The molecule has 0 aliphatic rings. The second-order valence-electron chi connectivity index (χ2n) is 3.79. The van der Waals surface area contributed by atoms with Crippen LogP contribution in [0.2, 0.25) is 5.02 Å². The molecule has 0 fully saturated rings. The summed E-state index contributed by atoms with van der Waals surface area (Å²) in [7, 11) is 0. The van der Waals surface area contributed by atoms with Gasteiger partial charge in [0.05, 0.1) is 10.6 Å². The van der Waals surface area contributed by atoms with Crippen LogP contribution < -0.4 is 0 Å². The molecule has 0 saturated carbocycles. The third kappa shape index (κ3) is 2.96. The first kappa shape index (κ1) is 13.6. The van der Waals surface area contributed by atoms with E-state index in [0.29, 0.717) is 5.56 Å². The van der Waals surface area contributed by atoms with E-state index in [-0.39, 0.29) is 21.2 Å². The molecule has 0 bridgehead atoms. The summed E-state index contributed by atoms with van der Waals surface area (Å²) in [6.07, 6.45) is 0. The summed E-state index contributed by atoms with van der Waals surface area (Å²) in [6.45, 7) is 0. The van der Waals surface area contributed by atoms with Crippen molar-refractivity contribution in [3.63, 3.8) is 0 Å². The summed E-state index contributed by atoms with van der Waals surface area (Å²) in [4.78, 5) is 0. The molecule has 0 heterocycles. The quantitative estimate of drug-likeness (QED) is 0.557. The van der Waals surface area contributed by atoms with E-state index in [2.05, 4.69) is 0 Å². The molecule has 0 unspecified atom stereocenters. The molecule has 0 amide bonds. The lowest BCUT2D eigenvalue weighted by molar-refractivity contribution is 0.625. The lowest BCUT2D eigenvalue weighted by atomic mass is 10.0. The van der Waals surface area contributed by atoms with Gasteiger partial charge in [-0.25, -0.2) is 4.39 Å². The zero-order valence-electron chi connectivity index (χ0n) is 9.70. The van der Waals surface area contributed by atoms with Gasteiger partial charge in [0.1, 0.15) is 11.9 Å². The molecule has 4 heteroatoms.